The van der Waals surface area contributed by atoms with E-state index in [1.807, 2.05) is 0 Å². The normalized spacial score (nSPS) is 10.8. The first-order chi connectivity index (χ1) is 11.6. The van der Waals surface area contributed by atoms with Crippen molar-refractivity contribution in [2.75, 3.05) is 0 Å². The summed E-state index contributed by atoms with van der Waals surface area (Å²) in [7, 11) is 0. The molecule has 0 atom stereocenters. The summed E-state index contributed by atoms with van der Waals surface area (Å²) in [6.45, 7) is -1.31. The number of benzene rings is 1. The van der Waals surface area contributed by atoms with Gasteiger partial charge in [-0.05, 0) is 37.3 Å². The number of ether oxygens (including phenoxy) is 1. The van der Waals surface area contributed by atoms with E-state index in [0.29, 0.717) is 28.8 Å². The standard InChI is InChI=1S/C17H12F2N2O3/c1-10-15(9-22)23-16(21-10)11-5-6-14(24-17(18)19)12(8-11)13-4-2-3-7-20-13/h2-9,17H,1H3. The molecule has 0 fully saturated rings. The minimum Gasteiger partial charge on any atom is -0.434 e. The molecule has 0 aliphatic heterocycles. The van der Waals surface area contributed by atoms with Crippen LogP contribution in [0.15, 0.2) is 47.0 Å². The monoisotopic (exact) mass is 330 g/mol. The predicted octanol–water partition coefficient (Wildman–Crippen LogP) is 4.13. The number of hydrogen-bond donors (Lipinski definition) is 0. The molecule has 2 heterocycles. The first kappa shape index (κ1) is 15.8. The molecule has 0 saturated carbocycles. The molecule has 0 aliphatic rings. The van der Waals surface area contributed by atoms with Crippen molar-refractivity contribution in [2.45, 2.75) is 13.5 Å². The van der Waals surface area contributed by atoms with Crippen LogP contribution >= 0.6 is 0 Å². The maximum Gasteiger partial charge on any atom is 0.387 e. The Kier molecular flexibility index (Phi) is 4.33. The quantitative estimate of drug-likeness (QED) is 0.658. The topological polar surface area (TPSA) is 65.2 Å². The summed E-state index contributed by atoms with van der Waals surface area (Å²) >= 11 is 0. The molecule has 3 aromatic rings. The zero-order valence-corrected chi connectivity index (χ0v) is 12.6. The second kappa shape index (κ2) is 6.57. The van der Waals surface area contributed by atoms with E-state index in [2.05, 4.69) is 14.7 Å². The predicted molar refractivity (Wildman–Crippen MR) is 81.9 cm³/mol. The van der Waals surface area contributed by atoms with Gasteiger partial charge in [0.05, 0.1) is 11.4 Å². The largest absolute Gasteiger partial charge is 0.434 e. The zero-order chi connectivity index (χ0) is 17.1. The first-order valence-electron chi connectivity index (χ1n) is 7.01. The molecular weight excluding hydrogens is 318 g/mol. The van der Waals surface area contributed by atoms with Crippen LogP contribution < -0.4 is 4.74 Å². The Morgan fingerprint density at radius 1 is 1.25 bits per heavy atom. The average Bonchev–Trinajstić information content (AvgIpc) is 2.96. The highest BCUT2D eigenvalue weighted by Crippen LogP contribution is 2.34. The third kappa shape index (κ3) is 3.15. The molecule has 0 unspecified atom stereocenters. The molecule has 24 heavy (non-hydrogen) atoms. The number of aromatic nitrogens is 2. The summed E-state index contributed by atoms with van der Waals surface area (Å²) in [5.41, 5.74) is 1.81. The molecular formula is C17H12F2N2O3. The number of nitrogens with zero attached hydrogens (tertiary/aromatic N) is 2. The van der Waals surface area contributed by atoms with E-state index in [4.69, 9.17) is 4.42 Å². The summed E-state index contributed by atoms with van der Waals surface area (Å²) in [5, 5.41) is 0. The van der Waals surface area contributed by atoms with Gasteiger partial charge in [0.2, 0.25) is 5.89 Å². The number of carbonyl (C=O) groups is 1. The maximum atomic E-state index is 12.6. The van der Waals surface area contributed by atoms with Gasteiger partial charge in [0, 0.05) is 17.3 Å². The van der Waals surface area contributed by atoms with Crippen LogP contribution in [0, 0.1) is 6.92 Å². The molecule has 5 nitrogen and oxygen atoms in total. The van der Waals surface area contributed by atoms with Gasteiger partial charge in [0.1, 0.15) is 5.75 Å². The number of oxazole rings is 1. The molecule has 0 amide bonds. The van der Waals surface area contributed by atoms with Crippen molar-refractivity contribution in [2.24, 2.45) is 0 Å². The van der Waals surface area contributed by atoms with Gasteiger partial charge in [0.15, 0.2) is 12.0 Å². The van der Waals surface area contributed by atoms with Crippen LogP contribution in [-0.4, -0.2) is 22.9 Å². The van der Waals surface area contributed by atoms with Gasteiger partial charge in [-0.2, -0.15) is 8.78 Å². The molecule has 0 saturated heterocycles. The highest BCUT2D eigenvalue weighted by atomic mass is 19.3. The van der Waals surface area contributed by atoms with Crippen molar-refractivity contribution in [1.82, 2.24) is 9.97 Å². The van der Waals surface area contributed by atoms with E-state index >= 15 is 0 Å². The fourth-order valence-electron chi connectivity index (χ4n) is 2.23. The van der Waals surface area contributed by atoms with E-state index in [9.17, 15) is 13.6 Å². The third-order valence-corrected chi connectivity index (χ3v) is 3.32. The number of hydrogen-bond acceptors (Lipinski definition) is 5. The fraction of sp³-hybridized carbons (Fsp3) is 0.118. The van der Waals surface area contributed by atoms with E-state index < -0.39 is 6.61 Å². The van der Waals surface area contributed by atoms with E-state index in [0.717, 1.165) is 0 Å². The SMILES string of the molecule is Cc1nc(-c2ccc(OC(F)F)c(-c3ccccn3)c2)oc1C=O. The fourth-order valence-corrected chi connectivity index (χ4v) is 2.23. The zero-order valence-electron chi connectivity index (χ0n) is 12.6. The molecule has 0 radical (unpaired) electrons. The summed E-state index contributed by atoms with van der Waals surface area (Å²) < 4.78 is 35.2. The number of alkyl halides is 2. The smallest absolute Gasteiger partial charge is 0.387 e. The van der Waals surface area contributed by atoms with Gasteiger partial charge in [-0.3, -0.25) is 9.78 Å². The van der Waals surface area contributed by atoms with Crippen molar-refractivity contribution in [3.8, 4) is 28.5 Å². The van der Waals surface area contributed by atoms with Crippen LogP contribution in [-0.2, 0) is 0 Å². The van der Waals surface area contributed by atoms with Crippen LogP contribution in [0.1, 0.15) is 16.2 Å². The first-order valence-corrected chi connectivity index (χ1v) is 7.01. The number of pyridine rings is 1. The number of aldehydes is 1. The van der Waals surface area contributed by atoms with Crippen molar-refractivity contribution in [1.29, 1.82) is 0 Å². The van der Waals surface area contributed by atoms with Crippen LogP contribution in [0.5, 0.6) is 5.75 Å². The molecule has 122 valence electrons. The minimum atomic E-state index is -2.95. The Morgan fingerprint density at radius 2 is 2.08 bits per heavy atom. The molecule has 0 aliphatic carbocycles. The van der Waals surface area contributed by atoms with E-state index in [-0.39, 0.29) is 17.4 Å². The highest BCUT2D eigenvalue weighted by molar-refractivity contribution is 5.76. The Morgan fingerprint density at radius 3 is 2.71 bits per heavy atom. The van der Waals surface area contributed by atoms with Gasteiger partial charge in [-0.25, -0.2) is 4.98 Å². The lowest BCUT2D eigenvalue weighted by Gasteiger charge is -2.11. The Hall–Kier alpha value is -3.09. The average molecular weight is 330 g/mol. The van der Waals surface area contributed by atoms with Crippen molar-refractivity contribution in [3.05, 3.63) is 54.0 Å². The Bertz CT molecular complexity index is 864. The van der Waals surface area contributed by atoms with Gasteiger partial charge in [-0.1, -0.05) is 6.07 Å². The molecule has 1 aromatic carbocycles. The van der Waals surface area contributed by atoms with Crippen LogP contribution in [0.2, 0.25) is 0 Å². The van der Waals surface area contributed by atoms with Crippen LogP contribution in [0.4, 0.5) is 8.78 Å². The molecule has 0 spiro atoms. The maximum absolute atomic E-state index is 12.6. The third-order valence-electron chi connectivity index (χ3n) is 3.32. The lowest BCUT2D eigenvalue weighted by Crippen LogP contribution is -2.03. The summed E-state index contributed by atoms with van der Waals surface area (Å²) in [5.74, 6) is 0.332. The van der Waals surface area contributed by atoms with Gasteiger partial charge >= 0.3 is 6.61 Å². The van der Waals surface area contributed by atoms with Gasteiger partial charge in [-0.15, -0.1) is 0 Å². The second-order valence-corrected chi connectivity index (χ2v) is 4.89. The number of aryl methyl sites for hydroxylation is 1. The summed E-state index contributed by atoms with van der Waals surface area (Å²) in [6, 6.07) is 9.64. The number of rotatable bonds is 5. The summed E-state index contributed by atoms with van der Waals surface area (Å²) in [4.78, 5) is 19.2. The second-order valence-electron chi connectivity index (χ2n) is 4.89. The van der Waals surface area contributed by atoms with Crippen LogP contribution in [0.25, 0.3) is 22.7 Å². The Labute approximate surface area is 135 Å². The number of carbonyl (C=O) groups excluding carboxylic acids is 1. The molecule has 2 aromatic heterocycles. The highest BCUT2D eigenvalue weighted by Gasteiger charge is 2.16. The molecule has 3 rings (SSSR count). The molecule has 0 N–H and O–H groups in total. The van der Waals surface area contributed by atoms with E-state index in [1.165, 1.54) is 12.1 Å². The van der Waals surface area contributed by atoms with Crippen LogP contribution in [0.3, 0.4) is 0 Å². The lowest BCUT2D eigenvalue weighted by molar-refractivity contribution is -0.0494. The van der Waals surface area contributed by atoms with Gasteiger partial charge in [0.25, 0.3) is 0 Å². The van der Waals surface area contributed by atoms with Crippen molar-refractivity contribution in [3.63, 3.8) is 0 Å². The lowest BCUT2D eigenvalue weighted by atomic mass is 10.1. The van der Waals surface area contributed by atoms with Crippen molar-refractivity contribution >= 4 is 6.29 Å². The summed E-state index contributed by atoms with van der Waals surface area (Å²) in [6.07, 6.45) is 2.12. The van der Waals surface area contributed by atoms with E-state index in [1.54, 1.807) is 37.4 Å². The van der Waals surface area contributed by atoms with Gasteiger partial charge < -0.3 is 9.15 Å². The molecule has 7 heteroatoms. The minimum absolute atomic E-state index is 0.00802. The Balaban J connectivity index is 2.11. The number of halogens is 2. The molecule has 0 bridgehead atoms. The van der Waals surface area contributed by atoms with Crippen molar-refractivity contribution < 1.29 is 22.7 Å².